The first-order valence-corrected chi connectivity index (χ1v) is 10.6. The third-order valence-electron chi connectivity index (χ3n) is 4.42. The third-order valence-corrected chi connectivity index (χ3v) is 6.08. The fourth-order valence-electron chi connectivity index (χ4n) is 3.13. The molecular weight excluding hydrogens is 336 g/mol. The fourth-order valence-corrected chi connectivity index (χ4v) is 4.37. The Bertz CT molecular complexity index is 651. The van der Waals surface area contributed by atoms with Crippen molar-refractivity contribution in [3.63, 3.8) is 0 Å². The third kappa shape index (κ3) is 4.54. The summed E-state index contributed by atoms with van der Waals surface area (Å²) in [7, 11) is 0. The van der Waals surface area contributed by atoms with Gasteiger partial charge in [0.15, 0.2) is 0 Å². The van der Waals surface area contributed by atoms with E-state index in [1.54, 1.807) is 23.1 Å². The monoisotopic (exact) mass is 360 g/mol. The summed E-state index contributed by atoms with van der Waals surface area (Å²) in [6, 6.07) is 12.3. The van der Waals surface area contributed by atoms with Gasteiger partial charge in [0.2, 0.25) is 5.91 Å². The first-order chi connectivity index (χ1) is 11.8. The molecule has 0 saturated heterocycles. The van der Waals surface area contributed by atoms with Crippen LogP contribution in [-0.2, 0) is 4.79 Å². The predicted octanol–water partition coefficient (Wildman–Crippen LogP) is 5.07. The zero-order valence-electron chi connectivity index (χ0n) is 14.0. The molecule has 0 bridgehead atoms. The first-order valence-electron chi connectivity index (χ1n) is 8.50. The van der Waals surface area contributed by atoms with Crippen molar-refractivity contribution >= 4 is 34.7 Å². The minimum absolute atomic E-state index is 0.0823. The van der Waals surface area contributed by atoms with Crippen LogP contribution < -0.4 is 10.6 Å². The summed E-state index contributed by atoms with van der Waals surface area (Å²) in [6.45, 7) is 0. The number of hydrogen-bond donors (Lipinski definition) is 2. The number of nitrogens with one attached hydrogen (secondary N) is 2. The summed E-state index contributed by atoms with van der Waals surface area (Å²) in [4.78, 5) is 15.1. The highest BCUT2D eigenvalue weighted by molar-refractivity contribution is 7.98. The molecule has 1 aliphatic carbocycles. The van der Waals surface area contributed by atoms with Gasteiger partial charge >= 0.3 is 0 Å². The molecule has 3 nitrogen and oxygen atoms in total. The van der Waals surface area contributed by atoms with Crippen molar-refractivity contribution in [3.8, 4) is 0 Å². The minimum atomic E-state index is -0.330. The summed E-state index contributed by atoms with van der Waals surface area (Å²) in [6.07, 6.45) is 8.00. The second-order valence-electron chi connectivity index (χ2n) is 6.17. The van der Waals surface area contributed by atoms with Crippen molar-refractivity contribution in [2.75, 3.05) is 11.6 Å². The van der Waals surface area contributed by atoms with E-state index in [1.807, 2.05) is 29.6 Å². The van der Waals surface area contributed by atoms with Crippen molar-refractivity contribution in [1.82, 2.24) is 5.32 Å². The second-order valence-corrected chi connectivity index (χ2v) is 8.03. The van der Waals surface area contributed by atoms with Gasteiger partial charge in [0.1, 0.15) is 6.04 Å². The normalized spacial score (nSPS) is 16.5. The number of thioether (sulfide) groups is 1. The summed E-state index contributed by atoms with van der Waals surface area (Å²) >= 11 is 3.33. The lowest BCUT2D eigenvalue weighted by atomic mass is 9.95. The van der Waals surface area contributed by atoms with Crippen LogP contribution in [0.15, 0.2) is 46.7 Å². The molecule has 2 aromatic rings. The smallest absolute Gasteiger partial charge is 0.248 e. The lowest BCUT2D eigenvalue weighted by Gasteiger charge is -2.26. The van der Waals surface area contributed by atoms with E-state index >= 15 is 0 Å². The summed E-state index contributed by atoms with van der Waals surface area (Å²) in [5.41, 5.74) is 0.985. The molecule has 0 radical (unpaired) electrons. The Balaban J connectivity index is 1.74. The van der Waals surface area contributed by atoms with Crippen LogP contribution in [0.25, 0.3) is 0 Å². The van der Waals surface area contributed by atoms with Crippen molar-refractivity contribution < 1.29 is 4.79 Å². The van der Waals surface area contributed by atoms with Crippen LogP contribution in [0, 0.1) is 0 Å². The standard InChI is InChI=1S/C19H24N2OS2/c1-23-16-10-5-9-15(13-16)20-18(17-11-6-12-24-17)19(22)21-14-7-3-2-4-8-14/h5-6,9-14,18,20H,2-4,7-8H2,1H3,(H,21,22). The van der Waals surface area contributed by atoms with E-state index in [0.29, 0.717) is 6.04 Å². The van der Waals surface area contributed by atoms with Crippen LogP contribution >= 0.6 is 23.1 Å². The Hall–Kier alpha value is -1.46. The Morgan fingerprint density at radius 3 is 2.75 bits per heavy atom. The van der Waals surface area contributed by atoms with Crippen LogP contribution in [0.1, 0.15) is 43.0 Å². The maximum absolute atomic E-state index is 12.9. The van der Waals surface area contributed by atoms with Gasteiger partial charge < -0.3 is 10.6 Å². The van der Waals surface area contributed by atoms with Crippen LogP contribution in [0.3, 0.4) is 0 Å². The molecule has 128 valence electrons. The number of amides is 1. The fraction of sp³-hybridized carbons (Fsp3) is 0.421. The van der Waals surface area contributed by atoms with Crippen LogP contribution in [0.2, 0.25) is 0 Å². The van der Waals surface area contributed by atoms with Gasteiger partial charge in [-0.05, 0) is 48.7 Å². The molecule has 1 fully saturated rings. The zero-order valence-corrected chi connectivity index (χ0v) is 15.6. The number of rotatable bonds is 6. The van der Waals surface area contributed by atoms with Crippen molar-refractivity contribution in [1.29, 1.82) is 0 Å². The lowest BCUT2D eigenvalue weighted by Crippen LogP contribution is -2.41. The molecule has 1 atom stereocenters. The molecule has 0 aliphatic heterocycles. The number of anilines is 1. The average molecular weight is 361 g/mol. The van der Waals surface area contributed by atoms with E-state index in [4.69, 9.17) is 0 Å². The Morgan fingerprint density at radius 2 is 2.04 bits per heavy atom. The molecule has 5 heteroatoms. The molecule has 0 spiro atoms. The topological polar surface area (TPSA) is 41.1 Å². The highest BCUT2D eigenvalue weighted by atomic mass is 32.2. The number of benzene rings is 1. The minimum Gasteiger partial charge on any atom is -0.369 e. The second kappa shape index (κ2) is 8.58. The molecule has 3 rings (SSSR count). The van der Waals surface area contributed by atoms with E-state index in [0.717, 1.165) is 23.4 Å². The predicted molar refractivity (Wildman–Crippen MR) is 104 cm³/mol. The van der Waals surface area contributed by atoms with Gasteiger partial charge in [-0.1, -0.05) is 31.4 Å². The quantitative estimate of drug-likeness (QED) is 0.707. The van der Waals surface area contributed by atoms with E-state index in [1.165, 1.54) is 24.2 Å². The number of carbonyl (C=O) groups excluding carboxylic acids is 1. The van der Waals surface area contributed by atoms with E-state index in [-0.39, 0.29) is 11.9 Å². The highest BCUT2D eigenvalue weighted by Crippen LogP contribution is 2.27. The Morgan fingerprint density at radius 1 is 1.21 bits per heavy atom. The number of carbonyl (C=O) groups is 1. The van der Waals surface area contributed by atoms with Gasteiger partial charge in [0.05, 0.1) is 0 Å². The van der Waals surface area contributed by atoms with Gasteiger partial charge in [0.25, 0.3) is 0 Å². The van der Waals surface area contributed by atoms with Gasteiger partial charge in [-0.3, -0.25) is 4.79 Å². The molecule has 1 aromatic carbocycles. The summed E-state index contributed by atoms with van der Waals surface area (Å²) < 4.78 is 0. The first kappa shape index (κ1) is 17.4. The van der Waals surface area contributed by atoms with Crippen LogP contribution in [0.5, 0.6) is 0 Å². The Kier molecular flexibility index (Phi) is 6.21. The molecule has 1 unspecified atom stereocenters. The summed E-state index contributed by atoms with van der Waals surface area (Å²) in [5.74, 6) is 0.0823. The van der Waals surface area contributed by atoms with Gasteiger partial charge in [-0.15, -0.1) is 23.1 Å². The van der Waals surface area contributed by atoms with Crippen LogP contribution in [0.4, 0.5) is 5.69 Å². The molecule has 24 heavy (non-hydrogen) atoms. The molecule has 1 amide bonds. The molecule has 1 heterocycles. The Labute approximate surface area is 152 Å². The van der Waals surface area contributed by atoms with E-state index in [2.05, 4.69) is 29.0 Å². The number of thiophene rings is 1. The molecule has 1 aromatic heterocycles. The SMILES string of the molecule is CSc1cccc(NC(C(=O)NC2CCCCC2)c2cccs2)c1. The largest absolute Gasteiger partial charge is 0.369 e. The van der Waals surface area contributed by atoms with Gasteiger partial charge in [0, 0.05) is 21.5 Å². The zero-order chi connectivity index (χ0) is 16.8. The van der Waals surface area contributed by atoms with Gasteiger partial charge in [-0.25, -0.2) is 0 Å². The maximum Gasteiger partial charge on any atom is 0.248 e. The van der Waals surface area contributed by atoms with Crippen molar-refractivity contribution in [2.24, 2.45) is 0 Å². The van der Waals surface area contributed by atoms with Crippen LogP contribution in [-0.4, -0.2) is 18.2 Å². The highest BCUT2D eigenvalue weighted by Gasteiger charge is 2.25. The lowest BCUT2D eigenvalue weighted by molar-refractivity contribution is -0.122. The van der Waals surface area contributed by atoms with E-state index < -0.39 is 0 Å². The van der Waals surface area contributed by atoms with E-state index in [9.17, 15) is 4.79 Å². The number of hydrogen-bond acceptors (Lipinski definition) is 4. The average Bonchev–Trinajstić information content (AvgIpc) is 3.15. The molecule has 1 aliphatic rings. The van der Waals surface area contributed by atoms with Crippen molar-refractivity contribution in [2.45, 2.75) is 49.1 Å². The maximum atomic E-state index is 12.9. The molecule has 2 N–H and O–H groups in total. The van der Waals surface area contributed by atoms with Gasteiger partial charge in [-0.2, -0.15) is 0 Å². The van der Waals surface area contributed by atoms with Crippen molar-refractivity contribution in [3.05, 3.63) is 46.7 Å². The molecule has 1 saturated carbocycles. The summed E-state index contributed by atoms with van der Waals surface area (Å²) in [5, 5.41) is 8.71. The molecular formula is C19H24N2OS2.